The third kappa shape index (κ3) is 3.66. The molecule has 0 fully saturated rings. The zero-order chi connectivity index (χ0) is 19.8. The Morgan fingerprint density at radius 1 is 0.833 bits per heavy atom. The van der Waals surface area contributed by atoms with Crippen molar-refractivity contribution < 1.29 is 37.3 Å². The van der Waals surface area contributed by atoms with Crippen LogP contribution in [0.5, 0.6) is 0 Å². The van der Waals surface area contributed by atoms with Crippen molar-refractivity contribution in [1.82, 2.24) is 4.57 Å². The minimum absolute atomic E-state index is 0. The van der Waals surface area contributed by atoms with E-state index in [0.29, 0.717) is 0 Å². The van der Waals surface area contributed by atoms with E-state index in [1.54, 1.807) is 0 Å². The van der Waals surface area contributed by atoms with Gasteiger partial charge >= 0.3 is 0 Å². The van der Waals surface area contributed by atoms with E-state index in [1.807, 2.05) is 18.2 Å². The first-order valence-electron chi connectivity index (χ1n) is 9.78. The molecule has 30 heavy (non-hydrogen) atoms. The van der Waals surface area contributed by atoms with Gasteiger partial charge in [0, 0.05) is 38.9 Å². The number of rotatable bonds is 3. The normalized spacial score (nSPS) is 10.7. The summed E-state index contributed by atoms with van der Waals surface area (Å²) >= 11 is 0. The van der Waals surface area contributed by atoms with Crippen LogP contribution in [0.4, 0.5) is 0 Å². The molecule has 0 amide bonds. The third-order valence-corrected chi connectivity index (χ3v) is 5.39. The van der Waals surface area contributed by atoms with Crippen LogP contribution in [0.3, 0.4) is 0 Å². The Morgan fingerprint density at radius 3 is 2.40 bits per heavy atom. The van der Waals surface area contributed by atoms with Crippen molar-refractivity contribution >= 4 is 0 Å². The maximum absolute atomic E-state index is 3.65. The standard InChI is InChI=1S/C27H21N2.Y/c1-20-15-16-23(21-10-5-3-6-11-21)18-26(20)29-19-25(22-12-7-4-8-13-22)24-14-9-17-28(2)27(24)29;/h3-12,14-18H,1-2H3;/q-1;. The molecule has 0 aromatic heterocycles. The number of hydrogen-bond acceptors (Lipinski definition) is 0. The van der Waals surface area contributed by atoms with Crippen LogP contribution >= 0.6 is 0 Å². The van der Waals surface area contributed by atoms with Gasteiger partial charge < -0.3 is 4.57 Å². The van der Waals surface area contributed by atoms with E-state index < -0.39 is 0 Å². The summed E-state index contributed by atoms with van der Waals surface area (Å²) in [5, 5.41) is 0. The second kappa shape index (κ2) is 8.67. The average Bonchev–Trinajstić information content (AvgIpc) is 3.16. The summed E-state index contributed by atoms with van der Waals surface area (Å²) in [6.45, 7) is 2.15. The van der Waals surface area contributed by atoms with Crippen molar-refractivity contribution in [2.75, 3.05) is 0 Å². The predicted molar refractivity (Wildman–Crippen MR) is 117 cm³/mol. The van der Waals surface area contributed by atoms with Gasteiger partial charge in [-0.15, -0.1) is 11.6 Å². The average molecular weight is 462 g/mol. The molecule has 3 heteroatoms. The number of aryl methyl sites for hydroxylation is 2. The molecule has 2 heterocycles. The van der Waals surface area contributed by atoms with Crippen molar-refractivity contribution in [2.45, 2.75) is 6.92 Å². The van der Waals surface area contributed by atoms with Crippen molar-refractivity contribution in [3.8, 4) is 39.3 Å². The Balaban J connectivity index is 0.00000218. The summed E-state index contributed by atoms with van der Waals surface area (Å²) in [5.41, 5.74) is 8.06. The van der Waals surface area contributed by atoms with Crippen molar-refractivity contribution in [2.24, 2.45) is 7.05 Å². The van der Waals surface area contributed by atoms with E-state index in [4.69, 9.17) is 0 Å². The molecule has 2 nitrogen and oxygen atoms in total. The SMILES string of the molecule is Cc1ccc(-c2ccccc2)cc1-[n+]1[c-]c(-c2[c-]cccc2)c2cccn(C)c1-2.[Y]. The Labute approximate surface area is 203 Å². The molecule has 3 aromatic carbocycles. The fourth-order valence-electron chi connectivity index (χ4n) is 3.89. The number of fused-ring (bicyclic) bond motifs is 1. The number of hydrogen-bond donors (Lipinski definition) is 0. The quantitative estimate of drug-likeness (QED) is 0.242. The maximum Gasteiger partial charge on any atom is 0.186 e. The molecule has 1 radical (unpaired) electrons. The van der Waals surface area contributed by atoms with E-state index in [1.165, 1.54) is 22.3 Å². The fraction of sp³-hybridized carbons (Fsp3) is 0.0741. The zero-order valence-corrected chi connectivity index (χ0v) is 20.0. The van der Waals surface area contributed by atoms with Crippen LogP contribution in [0, 0.1) is 19.2 Å². The number of aromatic nitrogens is 2. The Morgan fingerprint density at radius 2 is 1.63 bits per heavy atom. The van der Waals surface area contributed by atoms with Gasteiger partial charge in [0.15, 0.2) is 5.82 Å². The van der Waals surface area contributed by atoms with Gasteiger partial charge in [-0.05, 0) is 35.7 Å². The van der Waals surface area contributed by atoms with Crippen LogP contribution in [0.2, 0.25) is 0 Å². The first kappa shape index (κ1) is 20.7. The largest absolute Gasteiger partial charge is 0.308 e. The van der Waals surface area contributed by atoms with Crippen LogP contribution in [0.1, 0.15) is 5.56 Å². The second-order valence-corrected chi connectivity index (χ2v) is 7.32. The van der Waals surface area contributed by atoms with Crippen LogP contribution in [-0.2, 0) is 39.8 Å². The van der Waals surface area contributed by atoms with E-state index >= 15 is 0 Å². The van der Waals surface area contributed by atoms with Gasteiger partial charge in [-0.25, -0.2) is 5.56 Å². The molecular weight excluding hydrogens is 441 g/mol. The molecule has 0 spiro atoms. The summed E-state index contributed by atoms with van der Waals surface area (Å²) in [6.07, 6.45) is 5.73. The molecular formula is C27H21N2Y-. The molecule has 0 saturated carbocycles. The fourth-order valence-corrected chi connectivity index (χ4v) is 3.89. The molecule has 5 rings (SSSR count). The minimum Gasteiger partial charge on any atom is -0.308 e. The van der Waals surface area contributed by atoms with Gasteiger partial charge in [0.25, 0.3) is 0 Å². The van der Waals surface area contributed by atoms with Crippen LogP contribution in [0.15, 0.2) is 91.1 Å². The molecule has 2 aliphatic heterocycles. The van der Waals surface area contributed by atoms with Crippen LogP contribution in [-0.4, -0.2) is 4.57 Å². The summed E-state index contributed by atoms with van der Waals surface area (Å²) < 4.78 is 4.35. The van der Waals surface area contributed by atoms with Gasteiger partial charge in [0.1, 0.15) is 0 Å². The van der Waals surface area contributed by atoms with Crippen LogP contribution < -0.4 is 4.57 Å². The predicted octanol–water partition coefficient (Wildman–Crippen LogP) is 5.65. The van der Waals surface area contributed by atoms with Gasteiger partial charge in [-0.1, -0.05) is 54.1 Å². The number of benzene rings is 3. The molecule has 0 bridgehead atoms. The van der Waals surface area contributed by atoms with Gasteiger partial charge in [0.2, 0.25) is 0 Å². The summed E-state index contributed by atoms with van der Waals surface area (Å²) in [6, 6.07) is 32.8. The van der Waals surface area contributed by atoms with Crippen molar-refractivity contribution in [3.63, 3.8) is 0 Å². The molecule has 3 aromatic rings. The maximum atomic E-state index is 3.65. The van der Waals surface area contributed by atoms with Crippen molar-refractivity contribution in [1.29, 1.82) is 0 Å². The number of pyridine rings is 1. The third-order valence-electron chi connectivity index (χ3n) is 5.39. The second-order valence-electron chi connectivity index (χ2n) is 7.32. The Kier molecular flexibility index (Phi) is 5.99. The molecule has 0 unspecified atom stereocenters. The molecule has 0 aliphatic carbocycles. The van der Waals surface area contributed by atoms with E-state index in [9.17, 15) is 0 Å². The Hall–Kier alpha value is -2.55. The van der Waals surface area contributed by atoms with Crippen LogP contribution in [0.25, 0.3) is 39.3 Å². The minimum atomic E-state index is 0. The molecule has 143 valence electrons. The van der Waals surface area contributed by atoms with E-state index in [0.717, 1.165) is 22.6 Å². The smallest absolute Gasteiger partial charge is 0.186 e. The molecule has 0 atom stereocenters. The monoisotopic (exact) mass is 462 g/mol. The molecule has 0 saturated heterocycles. The first-order chi connectivity index (χ1) is 14.2. The van der Waals surface area contributed by atoms with Gasteiger partial charge in [-0.2, -0.15) is 24.3 Å². The summed E-state index contributed by atoms with van der Waals surface area (Å²) in [5.74, 6) is 1.12. The zero-order valence-electron chi connectivity index (χ0n) is 17.1. The first-order valence-corrected chi connectivity index (χ1v) is 9.78. The molecule has 2 aliphatic rings. The van der Waals surface area contributed by atoms with Gasteiger partial charge in [-0.3, -0.25) is 4.57 Å². The molecule has 0 N–H and O–H groups in total. The van der Waals surface area contributed by atoms with Gasteiger partial charge in [0.05, 0.1) is 18.9 Å². The van der Waals surface area contributed by atoms with Crippen molar-refractivity contribution in [3.05, 3.63) is 109 Å². The number of nitrogens with zero attached hydrogens (tertiary/aromatic N) is 2. The van der Waals surface area contributed by atoms with E-state index in [-0.39, 0.29) is 32.7 Å². The summed E-state index contributed by atoms with van der Waals surface area (Å²) in [4.78, 5) is 0. The topological polar surface area (TPSA) is 8.81 Å². The van der Waals surface area contributed by atoms with E-state index in [2.05, 4.69) is 108 Å². The Bertz CT molecular complexity index is 1260. The summed E-state index contributed by atoms with van der Waals surface area (Å²) in [7, 11) is 2.08.